The Morgan fingerprint density at radius 1 is 1.35 bits per heavy atom. The molecule has 2 N–H and O–H groups in total. The van der Waals surface area contributed by atoms with Crippen LogP contribution < -0.4 is 4.31 Å². The third-order valence-corrected chi connectivity index (χ3v) is 4.02. The number of H-pyrrole nitrogens is 1. The number of sulfonamides is 1. The highest BCUT2D eigenvalue weighted by Gasteiger charge is 2.22. The summed E-state index contributed by atoms with van der Waals surface area (Å²) in [6.07, 6.45) is 1.36. The van der Waals surface area contributed by atoms with Crippen LogP contribution >= 0.6 is 0 Å². The summed E-state index contributed by atoms with van der Waals surface area (Å²) < 4.78 is 25.2. The fourth-order valence-electron chi connectivity index (χ4n) is 1.36. The Balaban J connectivity index is 2.42. The molecule has 1 aromatic heterocycles. The topological polar surface area (TPSA) is 86.3 Å². The third kappa shape index (κ3) is 2.09. The van der Waals surface area contributed by atoms with Crippen LogP contribution in [0.2, 0.25) is 0 Å². The molecule has 0 aliphatic rings. The van der Waals surface area contributed by atoms with Gasteiger partial charge in [-0.25, -0.2) is 0 Å². The molecule has 2 aromatic rings. The molecule has 0 bridgehead atoms. The van der Waals surface area contributed by atoms with Crippen LogP contribution in [0.3, 0.4) is 0 Å². The van der Waals surface area contributed by atoms with Crippen molar-refractivity contribution in [1.82, 2.24) is 10.2 Å². The van der Waals surface area contributed by atoms with Crippen molar-refractivity contribution >= 4 is 15.7 Å². The molecule has 90 valence electrons. The van der Waals surface area contributed by atoms with Crippen molar-refractivity contribution in [2.24, 2.45) is 0 Å². The summed E-state index contributed by atoms with van der Waals surface area (Å²) in [5.41, 5.74) is 0.375. The summed E-state index contributed by atoms with van der Waals surface area (Å²) in [5.74, 6) is 0.00848. The molecule has 0 aliphatic carbocycles. The molecule has 7 heteroatoms. The van der Waals surface area contributed by atoms with Gasteiger partial charge in [0.2, 0.25) is 0 Å². The van der Waals surface area contributed by atoms with E-state index in [0.29, 0.717) is 5.69 Å². The second-order valence-electron chi connectivity index (χ2n) is 3.41. The first-order valence-electron chi connectivity index (χ1n) is 4.79. The fourth-order valence-corrected chi connectivity index (χ4v) is 2.45. The third-order valence-electron chi connectivity index (χ3n) is 2.31. The number of hydrogen-bond acceptors (Lipinski definition) is 4. The first-order chi connectivity index (χ1) is 8.01. The van der Waals surface area contributed by atoms with Gasteiger partial charge >= 0.3 is 0 Å². The van der Waals surface area contributed by atoms with E-state index in [1.807, 2.05) is 0 Å². The molecule has 0 aliphatic heterocycles. The van der Waals surface area contributed by atoms with E-state index in [4.69, 9.17) is 0 Å². The Bertz CT molecular complexity index is 607. The van der Waals surface area contributed by atoms with E-state index in [1.165, 1.54) is 31.4 Å². The standard InChI is InChI=1S/C10H11N3O3S/c1-13(8-3-2-4-9(14)7-8)17(15,16)10-5-6-11-12-10/h2-7,14H,1H3,(H,11,12). The first kappa shape index (κ1) is 11.5. The van der Waals surface area contributed by atoms with Gasteiger partial charge in [-0.3, -0.25) is 9.40 Å². The lowest BCUT2D eigenvalue weighted by molar-refractivity contribution is 0.475. The van der Waals surface area contributed by atoms with Crippen molar-refractivity contribution in [3.05, 3.63) is 36.5 Å². The maximum atomic E-state index is 12.1. The zero-order valence-electron chi connectivity index (χ0n) is 9.03. The predicted octanol–water partition coefficient (Wildman–Crippen LogP) is 0.940. The Kier molecular flexibility index (Phi) is 2.76. The number of rotatable bonds is 3. The number of hydrogen-bond donors (Lipinski definition) is 2. The van der Waals surface area contributed by atoms with E-state index < -0.39 is 10.0 Å². The van der Waals surface area contributed by atoms with E-state index in [0.717, 1.165) is 4.31 Å². The summed E-state index contributed by atoms with van der Waals surface area (Å²) in [6, 6.07) is 7.37. The van der Waals surface area contributed by atoms with Crippen LogP contribution in [0.4, 0.5) is 5.69 Å². The molecular formula is C10H11N3O3S. The molecule has 0 saturated heterocycles. The van der Waals surface area contributed by atoms with Gasteiger partial charge in [0.1, 0.15) is 5.75 Å². The number of aromatic amines is 1. The van der Waals surface area contributed by atoms with E-state index in [2.05, 4.69) is 10.2 Å². The maximum Gasteiger partial charge on any atom is 0.281 e. The molecule has 17 heavy (non-hydrogen) atoms. The van der Waals surface area contributed by atoms with Crippen molar-refractivity contribution in [3.8, 4) is 5.75 Å². The second-order valence-corrected chi connectivity index (χ2v) is 5.35. The molecular weight excluding hydrogens is 242 g/mol. The monoisotopic (exact) mass is 253 g/mol. The van der Waals surface area contributed by atoms with Crippen LogP contribution in [0.25, 0.3) is 0 Å². The Hall–Kier alpha value is -2.02. The van der Waals surface area contributed by atoms with Gasteiger partial charge in [-0.15, -0.1) is 0 Å². The number of benzene rings is 1. The minimum Gasteiger partial charge on any atom is -0.508 e. The molecule has 0 saturated carbocycles. The lowest BCUT2D eigenvalue weighted by Gasteiger charge is -2.18. The van der Waals surface area contributed by atoms with Crippen LogP contribution in [-0.4, -0.2) is 30.8 Å². The number of nitrogens with one attached hydrogen (secondary N) is 1. The van der Waals surface area contributed by atoms with Gasteiger partial charge in [0.05, 0.1) is 11.9 Å². The van der Waals surface area contributed by atoms with Crippen molar-refractivity contribution in [1.29, 1.82) is 0 Å². The minimum absolute atomic E-state index is 0.00310. The first-order valence-corrected chi connectivity index (χ1v) is 6.23. The largest absolute Gasteiger partial charge is 0.508 e. The fraction of sp³-hybridized carbons (Fsp3) is 0.100. The van der Waals surface area contributed by atoms with Gasteiger partial charge < -0.3 is 5.11 Å². The number of aromatic nitrogens is 2. The normalized spacial score (nSPS) is 11.4. The SMILES string of the molecule is CN(c1cccc(O)c1)S(=O)(=O)c1ccn[nH]1. The molecule has 2 rings (SSSR count). The number of anilines is 1. The summed E-state index contributed by atoms with van der Waals surface area (Å²) in [5, 5.41) is 15.3. The van der Waals surface area contributed by atoms with Gasteiger partial charge in [0.25, 0.3) is 10.0 Å². The van der Waals surface area contributed by atoms with Crippen LogP contribution in [0.5, 0.6) is 5.75 Å². The molecule has 0 atom stereocenters. The highest BCUT2D eigenvalue weighted by molar-refractivity contribution is 7.92. The molecule has 6 nitrogen and oxygen atoms in total. The van der Waals surface area contributed by atoms with Gasteiger partial charge in [0, 0.05) is 13.1 Å². The zero-order valence-corrected chi connectivity index (χ0v) is 9.85. The predicted molar refractivity (Wildman–Crippen MR) is 62.3 cm³/mol. The lowest BCUT2D eigenvalue weighted by Crippen LogP contribution is -2.26. The Labute approximate surface area is 98.6 Å². The van der Waals surface area contributed by atoms with Crippen LogP contribution in [-0.2, 0) is 10.0 Å². The summed E-state index contributed by atoms with van der Waals surface area (Å²) in [6.45, 7) is 0. The van der Waals surface area contributed by atoms with Crippen LogP contribution in [0.1, 0.15) is 0 Å². The second kappa shape index (κ2) is 4.10. The molecule has 0 fully saturated rings. The summed E-state index contributed by atoms with van der Waals surface area (Å²) in [4.78, 5) is 0. The molecule has 1 heterocycles. The molecule has 0 radical (unpaired) electrons. The molecule has 0 spiro atoms. The van der Waals surface area contributed by atoms with Gasteiger partial charge in [-0.05, 0) is 18.2 Å². The number of phenols is 1. The molecule has 0 amide bonds. The van der Waals surface area contributed by atoms with Crippen LogP contribution in [0, 0.1) is 0 Å². The highest BCUT2D eigenvalue weighted by atomic mass is 32.2. The molecule has 1 aromatic carbocycles. The maximum absolute atomic E-state index is 12.1. The van der Waals surface area contributed by atoms with Crippen molar-refractivity contribution in [3.63, 3.8) is 0 Å². The minimum atomic E-state index is -3.66. The van der Waals surface area contributed by atoms with E-state index >= 15 is 0 Å². The molecule has 0 unspecified atom stereocenters. The smallest absolute Gasteiger partial charge is 0.281 e. The van der Waals surface area contributed by atoms with Gasteiger partial charge in [-0.2, -0.15) is 13.5 Å². The lowest BCUT2D eigenvalue weighted by atomic mass is 10.3. The highest BCUT2D eigenvalue weighted by Crippen LogP contribution is 2.23. The summed E-state index contributed by atoms with van der Waals surface area (Å²) in [7, 11) is -2.25. The zero-order chi connectivity index (χ0) is 12.5. The van der Waals surface area contributed by atoms with Crippen molar-refractivity contribution in [2.75, 3.05) is 11.4 Å². The van der Waals surface area contributed by atoms with E-state index in [1.54, 1.807) is 12.1 Å². The van der Waals surface area contributed by atoms with E-state index in [9.17, 15) is 13.5 Å². The average molecular weight is 253 g/mol. The number of phenolic OH excluding ortho intramolecular Hbond substituents is 1. The Morgan fingerprint density at radius 3 is 2.71 bits per heavy atom. The van der Waals surface area contributed by atoms with Crippen molar-refractivity contribution in [2.45, 2.75) is 5.03 Å². The van der Waals surface area contributed by atoms with Gasteiger partial charge in [0.15, 0.2) is 5.03 Å². The average Bonchev–Trinajstić information content (AvgIpc) is 2.82. The number of nitrogens with zero attached hydrogens (tertiary/aromatic N) is 2. The van der Waals surface area contributed by atoms with E-state index in [-0.39, 0.29) is 10.8 Å². The van der Waals surface area contributed by atoms with Crippen LogP contribution in [0.15, 0.2) is 41.6 Å². The number of aromatic hydroxyl groups is 1. The quantitative estimate of drug-likeness (QED) is 0.852. The summed E-state index contributed by atoms with van der Waals surface area (Å²) >= 11 is 0. The van der Waals surface area contributed by atoms with Crippen molar-refractivity contribution < 1.29 is 13.5 Å². The Morgan fingerprint density at radius 2 is 2.12 bits per heavy atom. The van der Waals surface area contributed by atoms with Gasteiger partial charge in [-0.1, -0.05) is 6.07 Å².